The molecule has 0 atom stereocenters. The van der Waals surface area contributed by atoms with Crippen LogP contribution in [0.1, 0.15) is 12.0 Å². The van der Waals surface area contributed by atoms with Crippen LogP contribution in [0, 0.1) is 0 Å². The van der Waals surface area contributed by atoms with Gasteiger partial charge in [0.05, 0.1) is 0 Å². The van der Waals surface area contributed by atoms with E-state index in [0.29, 0.717) is 24.1 Å². The first kappa shape index (κ1) is 22.0. The number of imidazole rings is 1. The minimum absolute atomic E-state index is 0.0646. The Morgan fingerprint density at radius 2 is 1.79 bits per heavy atom. The zero-order valence-corrected chi connectivity index (χ0v) is 19.2. The van der Waals surface area contributed by atoms with E-state index in [1.54, 1.807) is 23.7 Å². The van der Waals surface area contributed by atoms with E-state index in [4.69, 9.17) is 16.3 Å². The molecule has 174 valence electrons. The van der Waals surface area contributed by atoms with E-state index in [0.717, 1.165) is 22.2 Å². The number of ether oxygens (including phenoxy) is 1. The number of carbonyl (C=O) groups is 1. The first-order valence-electron chi connectivity index (χ1n) is 10.9. The molecule has 2 aromatic heterocycles. The van der Waals surface area contributed by atoms with Gasteiger partial charge in [-0.25, -0.2) is 9.36 Å². The summed E-state index contributed by atoms with van der Waals surface area (Å²) < 4.78 is 9.30. The highest BCUT2D eigenvalue weighted by atomic mass is 35.5. The summed E-state index contributed by atoms with van der Waals surface area (Å²) in [4.78, 5) is 45.4. The van der Waals surface area contributed by atoms with E-state index < -0.39 is 23.8 Å². The molecule has 0 unspecified atom stereocenters. The smallest absolute Gasteiger partial charge is 0.333 e. The van der Waals surface area contributed by atoms with E-state index in [1.807, 2.05) is 47.4 Å². The predicted molar refractivity (Wildman–Crippen MR) is 129 cm³/mol. The Balaban J connectivity index is 1.52. The third kappa shape index (κ3) is 3.88. The van der Waals surface area contributed by atoms with Gasteiger partial charge in [-0.2, -0.15) is 4.98 Å². The van der Waals surface area contributed by atoms with Crippen LogP contribution in [0.5, 0.6) is 0 Å². The average molecular weight is 480 g/mol. The van der Waals surface area contributed by atoms with Crippen LogP contribution in [0.4, 0.5) is 11.6 Å². The third-order valence-corrected chi connectivity index (χ3v) is 6.14. The lowest BCUT2D eigenvalue weighted by molar-refractivity contribution is -0.145. The molecule has 0 N–H and O–H groups in total. The molecule has 0 spiro atoms. The van der Waals surface area contributed by atoms with Gasteiger partial charge >= 0.3 is 11.7 Å². The van der Waals surface area contributed by atoms with Crippen LogP contribution >= 0.6 is 11.6 Å². The van der Waals surface area contributed by atoms with Crippen molar-refractivity contribution >= 4 is 40.4 Å². The maximum Gasteiger partial charge on any atom is 0.333 e. The summed E-state index contributed by atoms with van der Waals surface area (Å²) in [5, 5.41) is 0.624. The number of hydrogen-bond donors (Lipinski definition) is 0. The molecular weight excluding hydrogens is 458 g/mol. The van der Waals surface area contributed by atoms with Gasteiger partial charge in [0.15, 0.2) is 11.2 Å². The number of anilines is 2. The molecule has 1 aliphatic heterocycles. The SMILES string of the molecule is Cn1c(=O)n(CC(=O)OCc2ccccc2)c(=O)c2c1nc1n2CCCN1c1ccc(Cl)cc1. The Kier molecular flexibility index (Phi) is 5.70. The summed E-state index contributed by atoms with van der Waals surface area (Å²) in [6, 6.07) is 16.6. The molecule has 0 saturated carbocycles. The van der Waals surface area contributed by atoms with Crippen molar-refractivity contribution in [2.75, 3.05) is 11.4 Å². The Morgan fingerprint density at radius 1 is 1.06 bits per heavy atom. The molecule has 0 fully saturated rings. The number of halogens is 1. The van der Waals surface area contributed by atoms with Crippen LogP contribution < -0.4 is 16.1 Å². The van der Waals surface area contributed by atoms with Gasteiger partial charge in [-0.1, -0.05) is 41.9 Å². The Hall–Kier alpha value is -3.85. The molecule has 34 heavy (non-hydrogen) atoms. The Labute approximate surface area is 199 Å². The van der Waals surface area contributed by atoms with Crippen molar-refractivity contribution < 1.29 is 9.53 Å². The number of nitrogens with zero attached hydrogens (tertiary/aromatic N) is 5. The first-order valence-corrected chi connectivity index (χ1v) is 11.2. The van der Waals surface area contributed by atoms with Gasteiger partial charge < -0.3 is 14.2 Å². The highest BCUT2D eigenvalue weighted by molar-refractivity contribution is 6.30. The topological polar surface area (TPSA) is 91.4 Å². The number of hydrogen-bond acceptors (Lipinski definition) is 6. The van der Waals surface area contributed by atoms with Crippen LogP contribution in [0.3, 0.4) is 0 Å². The van der Waals surface area contributed by atoms with Crippen LogP contribution in [-0.2, 0) is 36.3 Å². The fourth-order valence-corrected chi connectivity index (χ4v) is 4.31. The number of esters is 1. The normalized spacial score (nSPS) is 13.2. The molecule has 10 heteroatoms. The molecule has 0 radical (unpaired) electrons. The number of benzene rings is 2. The molecule has 1 aliphatic rings. The molecule has 4 aromatic rings. The minimum atomic E-state index is -0.663. The number of rotatable bonds is 5. The molecule has 2 aromatic carbocycles. The van der Waals surface area contributed by atoms with Gasteiger partial charge in [0.25, 0.3) is 5.56 Å². The van der Waals surface area contributed by atoms with Crippen molar-refractivity contribution in [2.24, 2.45) is 7.05 Å². The largest absolute Gasteiger partial charge is 0.459 e. The fraction of sp³-hybridized carbons (Fsp3) is 0.250. The van der Waals surface area contributed by atoms with Crippen LogP contribution in [0.25, 0.3) is 11.2 Å². The van der Waals surface area contributed by atoms with Crippen molar-refractivity contribution in [3.8, 4) is 0 Å². The van der Waals surface area contributed by atoms with Crippen LogP contribution in [0.2, 0.25) is 5.02 Å². The third-order valence-electron chi connectivity index (χ3n) is 5.89. The van der Waals surface area contributed by atoms with Crippen molar-refractivity contribution in [1.29, 1.82) is 0 Å². The predicted octanol–water partition coefficient (Wildman–Crippen LogP) is 2.84. The lowest BCUT2D eigenvalue weighted by atomic mass is 10.2. The lowest BCUT2D eigenvalue weighted by Crippen LogP contribution is -2.41. The summed E-state index contributed by atoms with van der Waals surface area (Å²) in [6.45, 7) is 0.867. The highest BCUT2D eigenvalue weighted by Crippen LogP contribution is 2.31. The molecular formula is C24H22ClN5O4. The molecule has 3 heterocycles. The second kappa shape index (κ2) is 8.83. The zero-order valence-electron chi connectivity index (χ0n) is 18.5. The molecule has 0 aliphatic carbocycles. The molecule has 9 nitrogen and oxygen atoms in total. The Morgan fingerprint density at radius 3 is 2.53 bits per heavy atom. The van der Waals surface area contributed by atoms with Crippen molar-refractivity contribution in [3.63, 3.8) is 0 Å². The van der Waals surface area contributed by atoms with Gasteiger partial charge in [0.1, 0.15) is 13.2 Å². The first-order chi connectivity index (χ1) is 16.4. The monoisotopic (exact) mass is 479 g/mol. The number of aryl methyl sites for hydroxylation is 2. The van der Waals surface area contributed by atoms with Gasteiger partial charge in [0.2, 0.25) is 5.95 Å². The van der Waals surface area contributed by atoms with Gasteiger partial charge in [-0.3, -0.25) is 14.2 Å². The zero-order chi connectivity index (χ0) is 23.8. The number of carbonyl (C=O) groups excluding carboxylic acids is 1. The van der Waals surface area contributed by atoms with Crippen LogP contribution in [-0.4, -0.2) is 31.2 Å². The number of fused-ring (bicyclic) bond motifs is 3. The highest BCUT2D eigenvalue weighted by Gasteiger charge is 2.27. The summed E-state index contributed by atoms with van der Waals surface area (Å²) in [7, 11) is 1.54. The molecule has 5 rings (SSSR count). The summed E-state index contributed by atoms with van der Waals surface area (Å²) in [5.41, 5.74) is 1.08. The van der Waals surface area contributed by atoms with Gasteiger partial charge in [0, 0.05) is 30.8 Å². The van der Waals surface area contributed by atoms with Crippen molar-refractivity contribution in [1.82, 2.24) is 18.7 Å². The molecule has 0 bridgehead atoms. The standard InChI is InChI=1S/C24H22ClN5O4/c1-27-21-20(29-13-5-12-28(23(29)26-21)18-10-8-17(25)9-11-18)22(32)30(24(27)33)14-19(31)34-15-16-6-3-2-4-7-16/h2-4,6-11H,5,12-15H2,1H3. The van der Waals surface area contributed by atoms with Gasteiger partial charge in [-0.15, -0.1) is 0 Å². The van der Waals surface area contributed by atoms with Gasteiger partial charge in [-0.05, 0) is 36.2 Å². The summed E-state index contributed by atoms with van der Waals surface area (Å²) in [5.74, 6) is -0.0938. The van der Waals surface area contributed by atoms with Crippen molar-refractivity contribution in [2.45, 2.75) is 26.1 Å². The second-order valence-electron chi connectivity index (χ2n) is 8.10. The fourth-order valence-electron chi connectivity index (χ4n) is 4.18. The lowest BCUT2D eigenvalue weighted by Gasteiger charge is -2.29. The quantitative estimate of drug-likeness (QED) is 0.409. The summed E-state index contributed by atoms with van der Waals surface area (Å²) in [6.07, 6.45) is 0.780. The maximum absolute atomic E-state index is 13.4. The minimum Gasteiger partial charge on any atom is -0.459 e. The summed E-state index contributed by atoms with van der Waals surface area (Å²) >= 11 is 6.03. The molecule has 0 saturated heterocycles. The second-order valence-corrected chi connectivity index (χ2v) is 8.53. The van der Waals surface area contributed by atoms with E-state index >= 15 is 0 Å². The van der Waals surface area contributed by atoms with E-state index in [-0.39, 0.29) is 17.8 Å². The average Bonchev–Trinajstić information content (AvgIpc) is 3.25. The number of aromatic nitrogens is 4. The van der Waals surface area contributed by atoms with Crippen molar-refractivity contribution in [3.05, 3.63) is 86.0 Å². The van der Waals surface area contributed by atoms with E-state index in [2.05, 4.69) is 4.98 Å². The molecule has 0 amide bonds. The Bertz CT molecular complexity index is 1490. The van der Waals surface area contributed by atoms with E-state index in [1.165, 1.54) is 4.57 Å². The van der Waals surface area contributed by atoms with Crippen LogP contribution in [0.15, 0.2) is 64.2 Å². The maximum atomic E-state index is 13.4. The van der Waals surface area contributed by atoms with E-state index in [9.17, 15) is 14.4 Å².